The molecule has 3 heterocycles. The Labute approximate surface area is 154 Å². The Morgan fingerprint density at radius 2 is 1.96 bits per heavy atom. The standard InChI is InChI=1S/C19H27N5O2/c1-12-11-18(21-15(4)20-12)26-16-7-9-24(10-8-16)19(25)6-5-17-13(2)22-23-14(17)3/h11,16H,5-10H2,1-4H3,(H,22,23). The number of H-pyrrole nitrogens is 1. The fourth-order valence-electron chi connectivity index (χ4n) is 3.47. The summed E-state index contributed by atoms with van der Waals surface area (Å²) < 4.78 is 5.99. The molecule has 26 heavy (non-hydrogen) atoms. The normalized spacial score (nSPS) is 15.3. The number of carbonyl (C=O) groups is 1. The van der Waals surface area contributed by atoms with E-state index in [0.29, 0.717) is 12.3 Å². The minimum Gasteiger partial charge on any atom is -0.474 e. The van der Waals surface area contributed by atoms with Gasteiger partial charge in [-0.05, 0) is 39.7 Å². The second-order valence-corrected chi connectivity index (χ2v) is 7.01. The molecule has 0 unspecified atom stereocenters. The zero-order valence-electron chi connectivity index (χ0n) is 16.0. The minimum absolute atomic E-state index is 0.103. The molecule has 2 aromatic heterocycles. The highest BCUT2D eigenvalue weighted by Crippen LogP contribution is 2.19. The summed E-state index contributed by atoms with van der Waals surface area (Å²) in [5.41, 5.74) is 4.10. The highest BCUT2D eigenvalue weighted by molar-refractivity contribution is 5.76. The number of aryl methyl sites for hydroxylation is 4. The fourth-order valence-corrected chi connectivity index (χ4v) is 3.47. The molecule has 0 bridgehead atoms. The number of rotatable bonds is 5. The molecule has 0 aromatic carbocycles. The summed E-state index contributed by atoms with van der Waals surface area (Å²) in [6.07, 6.45) is 3.03. The van der Waals surface area contributed by atoms with Crippen LogP contribution in [0.1, 0.15) is 47.7 Å². The fraction of sp³-hybridized carbons (Fsp3) is 0.579. The second kappa shape index (κ2) is 7.85. The molecule has 0 spiro atoms. The van der Waals surface area contributed by atoms with Gasteiger partial charge in [-0.3, -0.25) is 9.89 Å². The summed E-state index contributed by atoms with van der Waals surface area (Å²) in [7, 11) is 0. The summed E-state index contributed by atoms with van der Waals surface area (Å²) in [6, 6.07) is 1.86. The number of ether oxygens (including phenoxy) is 1. The maximum absolute atomic E-state index is 12.5. The molecule has 0 saturated carbocycles. The zero-order valence-corrected chi connectivity index (χ0v) is 16.0. The molecule has 140 valence electrons. The van der Waals surface area contributed by atoms with Crippen molar-refractivity contribution in [2.75, 3.05) is 13.1 Å². The molecule has 1 aliphatic heterocycles. The zero-order chi connectivity index (χ0) is 18.7. The van der Waals surface area contributed by atoms with E-state index >= 15 is 0 Å². The van der Waals surface area contributed by atoms with Gasteiger partial charge in [-0.25, -0.2) is 4.98 Å². The van der Waals surface area contributed by atoms with Crippen LogP contribution in [-0.4, -0.2) is 50.2 Å². The van der Waals surface area contributed by atoms with Gasteiger partial charge in [0.2, 0.25) is 11.8 Å². The van der Waals surface area contributed by atoms with Gasteiger partial charge in [-0.1, -0.05) is 0 Å². The van der Waals surface area contributed by atoms with E-state index in [4.69, 9.17) is 4.74 Å². The predicted molar refractivity (Wildman–Crippen MR) is 98.1 cm³/mol. The van der Waals surface area contributed by atoms with Gasteiger partial charge in [0.05, 0.1) is 5.69 Å². The number of nitrogens with one attached hydrogen (secondary N) is 1. The van der Waals surface area contributed by atoms with Crippen molar-refractivity contribution in [3.63, 3.8) is 0 Å². The molecular weight excluding hydrogens is 330 g/mol. The Balaban J connectivity index is 1.47. The molecule has 0 atom stereocenters. The minimum atomic E-state index is 0.103. The third-order valence-corrected chi connectivity index (χ3v) is 4.89. The number of likely N-dealkylation sites (tertiary alicyclic amines) is 1. The van der Waals surface area contributed by atoms with E-state index in [-0.39, 0.29) is 12.0 Å². The van der Waals surface area contributed by atoms with Crippen LogP contribution in [0.4, 0.5) is 0 Å². The van der Waals surface area contributed by atoms with Gasteiger partial charge in [-0.2, -0.15) is 10.1 Å². The lowest BCUT2D eigenvalue weighted by atomic mass is 10.0. The first-order valence-corrected chi connectivity index (χ1v) is 9.19. The van der Waals surface area contributed by atoms with Gasteiger partial charge in [0.25, 0.3) is 0 Å². The van der Waals surface area contributed by atoms with E-state index in [1.165, 1.54) is 0 Å². The van der Waals surface area contributed by atoms with Gasteiger partial charge < -0.3 is 9.64 Å². The van der Waals surface area contributed by atoms with Crippen molar-refractivity contribution in [2.24, 2.45) is 0 Å². The van der Waals surface area contributed by atoms with Crippen molar-refractivity contribution in [2.45, 2.75) is 59.5 Å². The Morgan fingerprint density at radius 3 is 2.58 bits per heavy atom. The summed E-state index contributed by atoms with van der Waals surface area (Å²) in [6.45, 7) is 9.24. The van der Waals surface area contributed by atoms with Crippen LogP contribution in [0, 0.1) is 27.7 Å². The molecule has 7 nitrogen and oxygen atoms in total. The lowest BCUT2D eigenvalue weighted by Gasteiger charge is -2.32. The molecule has 1 saturated heterocycles. The number of carbonyl (C=O) groups excluding carboxylic acids is 1. The van der Waals surface area contributed by atoms with E-state index < -0.39 is 0 Å². The van der Waals surface area contributed by atoms with Crippen molar-refractivity contribution >= 4 is 5.91 Å². The first kappa shape index (κ1) is 18.4. The molecule has 1 N–H and O–H groups in total. The highest BCUT2D eigenvalue weighted by Gasteiger charge is 2.24. The average Bonchev–Trinajstić information content (AvgIpc) is 2.91. The van der Waals surface area contributed by atoms with Gasteiger partial charge in [0.1, 0.15) is 11.9 Å². The SMILES string of the molecule is Cc1cc(OC2CCN(C(=O)CCc3c(C)n[nH]c3C)CC2)nc(C)n1. The smallest absolute Gasteiger partial charge is 0.222 e. The Hall–Kier alpha value is -2.44. The predicted octanol–water partition coefficient (Wildman–Crippen LogP) is 2.44. The second-order valence-electron chi connectivity index (χ2n) is 7.01. The van der Waals surface area contributed by atoms with Crippen molar-refractivity contribution < 1.29 is 9.53 Å². The van der Waals surface area contributed by atoms with Crippen LogP contribution < -0.4 is 4.74 Å². The van der Waals surface area contributed by atoms with Crippen molar-refractivity contribution in [1.29, 1.82) is 0 Å². The first-order valence-electron chi connectivity index (χ1n) is 9.19. The lowest BCUT2D eigenvalue weighted by molar-refractivity contribution is -0.132. The largest absolute Gasteiger partial charge is 0.474 e. The van der Waals surface area contributed by atoms with Crippen molar-refractivity contribution in [3.8, 4) is 5.88 Å². The van der Waals surface area contributed by atoms with E-state index in [1.54, 1.807) is 0 Å². The Kier molecular flexibility index (Phi) is 5.54. The van der Waals surface area contributed by atoms with Crippen LogP contribution in [-0.2, 0) is 11.2 Å². The number of hydrogen-bond acceptors (Lipinski definition) is 5. The maximum Gasteiger partial charge on any atom is 0.222 e. The molecule has 0 radical (unpaired) electrons. The molecule has 2 aromatic rings. The van der Waals surface area contributed by atoms with E-state index in [9.17, 15) is 4.79 Å². The Morgan fingerprint density at radius 1 is 1.23 bits per heavy atom. The maximum atomic E-state index is 12.5. The van der Waals surface area contributed by atoms with Crippen molar-refractivity contribution in [1.82, 2.24) is 25.1 Å². The number of amides is 1. The molecule has 1 fully saturated rings. The molecule has 0 aliphatic carbocycles. The van der Waals surface area contributed by atoms with Gasteiger partial charge in [0, 0.05) is 49.8 Å². The molecular formula is C19H27N5O2. The van der Waals surface area contributed by atoms with Crippen molar-refractivity contribution in [3.05, 3.63) is 34.5 Å². The van der Waals surface area contributed by atoms with Crippen LogP contribution in [0.5, 0.6) is 5.88 Å². The number of hydrogen-bond donors (Lipinski definition) is 1. The Bertz CT molecular complexity index is 738. The van der Waals surface area contributed by atoms with Gasteiger partial charge in [0.15, 0.2) is 0 Å². The van der Waals surface area contributed by atoms with E-state index in [2.05, 4.69) is 20.2 Å². The van der Waals surface area contributed by atoms with E-state index in [0.717, 1.165) is 60.8 Å². The third kappa shape index (κ3) is 4.39. The molecule has 1 amide bonds. The van der Waals surface area contributed by atoms with Crippen LogP contribution in [0.15, 0.2) is 6.07 Å². The van der Waals surface area contributed by atoms with Crippen LogP contribution in [0.25, 0.3) is 0 Å². The number of aromatic nitrogens is 4. The number of aromatic amines is 1. The average molecular weight is 357 g/mol. The quantitative estimate of drug-likeness (QED) is 0.888. The topological polar surface area (TPSA) is 84.0 Å². The third-order valence-electron chi connectivity index (χ3n) is 4.89. The summed E-state index contributed by atoms with van der Waals surface area (Å²) >= 11 is 0. The van der Waals surface area contributed by atoms with Crippen LogP contribution in [0.2, 0.25) is 0 Å². The number of piperidine rings is 1. The number of nitrogens with zero attached hydrogens (tertiary/aromatic N) is 4. The van der Waals surface area contributed by atoms with Gasteiger partial charge >= 0.3 is 0 Å². The molecule has 7 heteroatoms. The summed E-state index contributed by atoms with van der Waals surface area (Å²) in [4.78, 5) is 23.0. The van der Waals surface area contributed by atoms with E-state index in [1.807, 2.05) is 38.7 Å². The summed E-state index contributed by atoms with van der Waals surface area (Å²) in [5.74, 6) is 1.56. The highest BCUT2D eigenvalue weighted by atomic mass is 16.5. The first-order chi connectivity index (χ1) is 12.4. The van der Waals surface area contributed by atoms with Crippen LogP contribution >= 0.6 is 0 Å². The monoisotopic (exact) mass is 357 g/mol. The molecule has 3 rings (SSSR count). The lowest BCUT2D eigenvalue weighted by Crippen LogP contribution is -2.42. The summed E-state index contributed by atoms with van der Waals surface area (Å²) in [5, 5.41) is 7.17. The van der Waals surface area contributed by atoms with Gasteiger partial charge in [-0.15, -0.1) is 0 Å². The van der Waals surface area contributed by atoms with Crippen LogP contribution in [0.3, 0.4) is 0 Å². The molecule has 1 aliphatic rings.